The summed E-state index contributed by atoms with van der Waals surface area (Å²) in [7, 11) is 0. The van der Waals surface area contributed by atoms with Crippen LogP contribution >= 0.6 is 0 Å². The molecule has 3 aromatic rings. The Morgan fingerprint density at radius 2 is 1.31 bits per heavy atom. The van der Waals surface area contributed by atoms with Crippen molar-refractivity contribution in [1.82, 2.24) is 5.32 Å². The van der Waals surface area contributed by atoms with Crippen molar-refractivity contribution in [2.75, 3.05) is 6.61 Å². The zero-order valence-electron chi connectivity index (χ0n) is 17.9. The number of aliphatic hydroxyl groups excluding tert-OH is 1. The highest BCUT2D eigenvalue weighted by molar-refractivity contribution is 5.64. The number of ether oxygens (including phenoxy) is 1. The number of hydrogen-bond donors (Lipinski definition) is 3. The summed E-state index contributed by atoms with van der Waals surface area (Å²) in [6, 6.07) is 30.3. The second-order valence-corrected chi connectivity index (χ2v) is 8.33. The number of aliphatic hydroxyl groups is 1. The van der Waals surface area contributed by atoms with Crippen molar-refractivity contribution < 1.29 is 19.7 Å². The first-order valence-electron chi connectivity index (χ1n) is 11.1. The highest BCUT2D eigenvalue weighted by Crippen LogP contribution is 2.43. The first-order valence-corrected chi connectivity index (χ1v) is 11.1. The molecule has 0 saturated heterocycles. The van der Waals surface area contributed by atoms with Gasteiger partial charge in [-0.2, -0.15) is 0 Å². The van der Waals surface area contributed by atoms with Gasteiger partial charge in [-0.1, -0.05) is 91.0 Å². The van der Waals surface area contributed by atoms with E-state index in [1.165, 1.54) is 0 Å². The summed E-state index contributed by atoms with van der Waals surface area (Å²) in [4.78, 5) is 11.2. The fourth-order valence-corrected chi connectivity index (χ4v) is 4.85. The molecule has 3 N–H and O–H groups in total. The van der Waals surface area contributed by atoms with Crippen LogP contribution in [-0.2, 0) is 10.3 Å². The minimum absolute atomic E-state index is 0.0835. The number of nitrogens with one attached hydrogen (secondary N) is 1. The van der Waals surface area contributed by atoms with Crippen molar-refractivity contribution in [3.8, 4) is 0 Å². The summed E-state index contributed by atoms with van der Waals surface area (Å²) >= 11 is 0. The lowest BCUT2D eigenvalue weighted by Crippen LogP contribution is -2.48. The molecule has 1 aliphatic rings. The zero-order chi connectivity index (χ0) is 22.4. The van der Waals surface area contributed by atoms with E-state index in [1.54, 1.807) is 0 Å². The van der Waals surface area contributed by atoms with E-state index >= 15 is 0 Å². The van der Waals surface area contributed by atoms with Crippen LogP contribution in [0, 0.1) is 5.92 Å². The summed E-state index contributed by atoms with van der Waals surface area (Å²) in [5.74, 6) is -0.190. The Hall–Kier alpha value is -3.15. The van der Waals surface area contributed by atoms with Gasteiger partial charge in [0.05, 0.1) is 6.10 Å². The van der Waals surface area contributed by atoms with Gasteiger partial charge in [-0.3, -0.25) is 0 Å². The monoisotopic (exact) mass is 431 g/mol. The normalized spacial score (nSPS) is 21.1. The molecule has 0 aromatic heterocycles. The van der Waals surface area contributed by atoms with Crippen molar-refractivity contribution in [1.29, 1.82) is 0 Å². The molecule has 0 unspecified atom stereocenters. The molecule has 166 valence electrons. The summed E-state index contributed by atoms with van der Waals surface area (Å²) in [6.45, 7) is -0.0835. The highest BCUT2D eigenvalue weighted by Gasteiger charge is 2.42. The van der Waals surface area contributed by atoms with Crippen LogP contribution in [0.5, 0.6) is 0 Å². The molecule has 3 atom stereocenters. The topological polar surface area (TPSA) is 78.8 Å². The van der Waals surface area contributed by atoms with Crippen LogP contribution < -0.4 is 5.32 Å². The van der Waals surface area contributed by atoms with Gasteiger partial charge in [0.25, 0.3) is 0 Å². The van der Waals surface area contributed by atoms with Gasteiger partial charge < -0.3 is 20.3 Å². The molecule has 1 amide bonds. The molecule has 5 nitrogen and oxygen atoms in total. The molecule has 0 spiro atoms. The first kappa shape index (κ1) is 22.1. The molecule has 4 rings (SSSR count). The second-order valence-electron chi connectivity index (χ2n) is 8.33. The minimum Gasteiger partial charge on any atom is -0.465 e. The number of hydrogen-bond acceptors (Lipinski definition) is 3. The van der Waals surface area contributed by atoms with Gasteiger partial charge in [0, 0.05) is 18.6 Å². The Kier molecular flexibility index (Phi) is 6.88. The number of carbonyl (C=O) groups is 1. The standard InChI is InChI=1S/C27H29NO4/c29-19-20-18-24(16-17-25(20)28-26(30)31)32-27(21-10-4-1-5-11-21,22-12-6-2-7-13-22)23-14-8-3-9-15-23/h1-15,20,24-25,28-29H,16-19H2,(H,30,31)/t20-,24+,25-/m0/s1. The van der Waals surface area contributed by atoms with Crippen LogP contribution in [0.1, 0.15) is 36.0 Å². The molecule has 0 heterocycles. The molecule has 0 radical (unpaired) electrons. The van der Waals surface area contributed by atoms with Gasteiger partial charge in [0.2, 0.25) is 0 Å². The lowest BCUT2D eigenvalue weighted by Gasteiger charge is -2.42. The summed E-state index contributed by atoms with van der Waals surface area (Å²) in [6.07, 6.45) is 0.710. The van der Waals surface area contributed by atoms with Gasteiger partial charge in [-0.25, -0.2) is 4.79 Å². The Bertz CT molecular complexity index is 897. The lowest BCUT2D eigenvalue weighted by molar-refractivity contribution is -0.0796. The molecule has 1 saturated carbocycles. The van der Waals surface area contributed by atoms with E-state index in [0.717, 1.165) is 16.7 Å². The highest BCUT2D eigenvalue weighted by atomic mass is 16.5. The van der Waals surface area contributed by atoms with Crippen LogP contribution in [0.2, 0.25) is 0 Å². The second kappa shape index (κ2) is 9.98. The van der Waals surface area contributed by atoms with Gasteiger partial charge in [-0.15, -0.1) is 0 Å². The predicted molar refractivity (Wildman–Crippen MR) is 123 cm³/mol. The molecule has 0 bridgehead atoms. The Morgan fingerprint density at radius 3 is 1.72 bits per heavy atom. The molecular weight excluding hydrogens is 402 g/mol. The Morgan fingerprint density at radius 1 is 0.844 bits per heavy atom. The molecule has 0 aliphatic heterocycles. The van der Waals surface area contributed by atoms with E-state index in [1.807, 2.05) is 54.6 Å². The van der Waals surface area contributed by atoms with E-state index in [9.17, 15) is 9.90 Å². The molecule has 1 fully saturated rings. The number of rotatable bonds is 7. The van der Waals surface area contributed by atoms with Crippen LogP contribution in [0.25, 0.3) is 0 Å². The van der Waals surface area contributed by atoms with E-state index in [-0.39, 0.29) is 24.7 Å². The molecule has 1 aliphatic carbocycles. The maximum Gasteiger partial charge on any atom is 0.404 e. The Balaban J connectivity index is 1.76. The fourth-order valence-electron chi connectivity index (χ4n) is 4.85. The summed E-state index contributed by atoms with van der Waals surface area (Å²) in [5, 5.41) is 21.7. The van der Waals surface area contributed by atoms with Crippen LogP contribution in [0.4, 0.5) is 4.79 Å². The van der Waals surface area contributed by atoms with Gasteiger partial charge >= 0.3 is 6.09 Å². The third kappa shape index (κ3) is 4.54. The van der Waals surface area contributed by atoms with Crippen molar-refractivity contribution in [3.63, 3.8) is 0 Å². The first-order chi connectivity index (χ1) is 15.6. The molecule has 32 heavy (non-hydrogen) atoms. The van der Waals surface area contributed by atoms with E-state index in [2.05, 4.69) is 41.7 Å². The number of carboxylic acid groups (broad SMARTS) is 1. The van der Waals surface area contributed by atoms with Gasteiger partial charge in [0.15, 0.2) is 0 Å². The third-order valence-corrected chi connectivity index (χ3v) is 6.36. The average Bonchev–Trinajstić information content (AvgIpc) is 2.84. The smallest absolute Gasteiger partial charge is 0.404 e. The maximum atomic E-state index is 11.2. The van der Waals surface area contributed by atoms with Gasteiger partial charge in [-0.05, 0) is 36.0 Å². The van der Waals surface area contributed by atoms with E-state index in [4.69, 9.17) is 9.84 Å². The quantitative estimate of drug-likeness (QED) is 0.470. The van der Waals surface area contributed by atoms with Crippen molar-refractivity contribution in [2.24, 2.45) is 5.92 Å². The molecule has 3 aromatic carbocycles. The maximum absolute atomic E-state index is 11.2. The Labute approximate surface area is 188 Å². The minimum atomic E-state index is -1.06. The average molecular weight is 432 g/mol. The SMILES string of the molecule is O=C(O)N[C@H]1CC[C@@H](OC(c2ccccc2)(c2ccccc2)c2ccccc2)C[C@H]1CO. The van der Waals surface area contributed by atoms with Crippen molar-refractivity contribution >= 4 is 6.09 Å². The van der Waals surface area contributed by atoms with E-state index < -0.39 is 11.7 Å². The van der Waals surface area contributed by atoms with E-state index in [0.29, 0.717) is 19.3 Å². The largest absolute Gasteiger partial charge is 0.465 e. The predicted octanol–water partition coefficient (Wildman–Crippen LogP) is 4.79. The van der Waals surface area contributed by atoms with Crippen LogP contribution in [-0.4, -0.2) is 35.1 Å². The summed E-state index contributed by atoms with van der Waals surface area (Å²) < 4.78 is 7.04. The zero-order valence-corrected chi connectivity index (χ0v) is 17.9. The van der Waals surface area contributed by atoms with Crippen LogP contribution in [0.15, 0.2) is 91.0 Å². The van der Waals surface area contributed by atoms with Crippen LogP contribution in [0.3, 0.4) is 0 Å². The fraction of sp³-hybridized carbons (Fsp3) is 0.296. The summed E-state index contributed by atoms with van der Waals surface area (Å²) in [5.41, 5.74) is 2.28. The molecular formula is C27H29NO4. The van der Waals surface area contributed by atoms with Crippen molar-refractivity contribution in [2.45, 2.75) is 37.0 Å². The molecule has 5 heteroatoms. The van der Waals surface area contributed by atoms with Gasteiger partial charge in [0.1, 0.15) is 5.60 Å². The van der Waals surface area contributed by atoms with Crippen molar-refractivity contribution in [3.05, 3.63) is 108 Å². The number of benzene rings is 3. The third-order valence-electron chi connectivity index (χ3n) is 6.36. The lowest BCUT2D eigenvalue weighted by atomic mass is 9.78. The number of amides is 1.